The molecule has 3 heterocycles. The van der Waals surface area contributed by atoms with E-state index in [4.69, 9.17) is 23.4 Å². The summed E-state index contributed by atoms with van der Waals surface area (Å²) in [7, 11) is 0. The zero-order chi connectivity index (χ0) is 41.1. The van der Waals surface area contributed by atoms with Crippen LogP contribution < -0.4 is 10.5 Å². The summed E-state index contributed by atoms with van der Waals surface area (Å²) in [5, 5.41) is 36.4. The first kappa shape index (κ1) is 41.1. The number of Topliss-reactive ketones (excluding diaryl/α,β-unsaturated/α-hetero) is 1. The normalized spacial score (nSPS) is 33.4. The van der Waals surface area contributed by atoms with Gasteiger partial charge in [0.2, 0.25) is 5.79 Å². The van der Waals surface area contributed by atoms with Crippen LogP contribution in [0.4, 0.5) is 5.69 Å². The number of esters is 3. The molecule has 4 saturated carbocycles. The van der Waals surface area contributed by atoms with Crippen molar-refractivity contribution in [2.24, 2.45) is 34.0 Å². The Labute approximate surface area is 331 Å². The highest BCUT2D eigenvalue weighted by atomic mass is 16.7. The van der Waals surface area contributed by atoms with Crippen molar-refractivity contribution in [1.29, 1.82) is 0 Å². The molecule has 310 valence electrons. The first-order chi connectivity index (χ1) is 27.1. The molecule has 8 rings (SSSR count). The number of anilines is 1. The molecule has 6 aliphatic rings. The average Bonchev–Trinajstić information content (AvgIpc) is 3.28. The molecule has 14 heteroatoms. The molecule has 2 aliphatic heterocycles. The Morgan fingerprint density at radius 1 is 0.947 bits per heavy atom. The van der Waals surface area contributed by atoms with Crippen molar-refractivity contribution in [3.63, 3.8) is 0 Å². The lowest BCUT2D eigenvalue weighted by Gasteiger charge is -2.74. The van der Waals surface area contributed by atoms with Crippen molar-refractivity contribution < 1.29 is 57.9 Å². The monoisotopic (exact) mass is 793 g/mol. The molecule has 6 fully saturated rings. The van der Waals surface area contributed by atoms with Crippen LogP contribution in [0.2, 0.25) is 0 Å². The second kappa shape index (κ2) is 15.2. The van der Waals surface area contributed by atoms with E-state index in [-0.39, 0.29) is 50.2 Å². The number of carbonyl (C=O) groups excluding carboxylic acids is 4. The van der Waals surface area contributed by atoms with Gasteiger partial charge in [0, 0.05) is 60.3 Å². The maximum Gasteiger partial charge on any atom is 0.351 e. The summed E-state index contributed by atoms with van der Waals surface area (Å²) >= 11 is 0. The van der Waals surface area contributed by atoms with Crippen LogP contribution in [-0.2, 0) is 33.3 Å². The molecule has 14 nitrogen and oxygen atoms in total. The standard InChI is InChI=1S/C43H55NO13/c1-6-44(7-2)26-14-13-25-21-28(39(51)56-29(25)22-26)38(50)54-20-9-8-19-53-32(46)11-10-12-33(47)57-37-27-15-16-30-41-23-55-43(52,42(30,37)35(48)24(27)3)36(49)34(41)40(4,5)18-17-31(41)45/h13-14,21-22,27,30-31,34,36-37,45,49,52H,3,6-12,15-20,23H2,1-2,4-5H3/t27-,30-,31-,34+,36-,37+,41+,42-,43-/m0/s1. The van der Waals surface area contributed by atoms with Gasteiger partial charge in [-0.1, -0.05) is 20.4 Å². The molecule has 9 atom stereocenters. The number of aliphatic hydroxyl groups is 3. The third-order valence-electron chi connectivity index (χ3n) is 14.0. The Morgan fingerprint density at radius 3 is 2.37 bits per heavy atom. The van der Waals surface area contributed by atoms with Crippen molar-refractivity contribution in [2.45, 2.75) is 110 Å². The summed E-state index contributed by atoms with van der Waals surface area (Å²) in [4.78, 5) is 67.4. The van der Waals surface area contributed by atoms with Gasteiger partial charge in [-0.15, -0.1) is 0 Å². The third-order valence-corrected chi connectivity index (χ3v) is 14.0. The average molecular weight is 794 g/mol. The van der Waals surface area contributed by atoms with Crippen LogP contribution in [0, 0.1) is 34.0 Å². The van der Waals surface area contributed by atoms with Crippen molar-refractivity contribution in [2.75, 3.05) is 37.8 Å². The van der Waals surface area contributed by atoms with E-state index >= 15 is 0 Å². The molecular weight excluding hydrogens is 738 g/mol. The van der Waals surface area contributed by atoms with Gasteiger partial charge in [0.25, 0.3) is 0 Å². The fourth-order valence-electron chi connectivity index (χ4n) is 11.3. The summed E-state index contributed by atoms with van der Waals surface area (Å²) in [6.07, 6.45) is -0.935. The molecule has 57 heavy (non-hydrogen) atoms. The van der Waals surface area contributed by atoms with Crippen LogP contribution in [0.15, 0.2) is 45.6 Å². The van der Waals surface area contributed by atoms with Crippen LogP contribution in [0.25, 0.3) is 11.0 Å². The fraction of sp³-hybridized carbons (Fsp3) is 0.651. The molecule has 1 aromatic heterocycles. The molecule has 2 spiro atoms. The molecule has 2 aromatic rings. The highest BCUT2D eigenvalue weighted by Gasteiger charge is 2.87. The van der Waals surface area contributed by atoms with E-state index in [1.54, 1.807) is 12.1 Å². The van der Waals surface area contributed by atoms with Crippen molar-refractivity contribution in [3.05, 3.63) is 52.4 Å². The smallest absolute Gasteiger partial charge is 0.351 e. The van der Waals surface area contributed by atoms with Crippen LogP contribution in [0.3, 0.4) is 0 Å². The summed E-state index contributed by atoms with van der Waals surface area (Å²) in [5.74, 6) is -6.61. The molecule has 0 amide bonds. The van der Waals surface area contributed by atoms with Gasteiger partial charge in [-0.3, -0.25) is 14.4 Å². The maximum atomic E-state index is 14.3. The molecule has 3 N–H and O–H groups in total. The number of nitrogens with zero attached hydrogens (tertiary/aromatic N) is 1. The number of ketones is 1. The van der Waals surface area contributed by atoms with Gasteiger partial charge >= 0.3 is 23.5 Å². The third kappa shape index (κ3) is 6.33. The zero-order valence-corrected chi connectivity index (χ0v) is 33.3. The quantitative estimate of drug-likeness (QED) is 0.0807. The summed E-state index contributed by atoms with van der Waals surface area (Å²) in [6, 6.07) is 6.92. The highest BCUT2D eigenvalue weighted by Crippen LogP contribution is 2.76. The second-order valence-electron chi connectivity index (χ2n) is 17.2. The van der Waals surface area contributed by atoms with Gasteiger partial charge < -0.3 is 43.6 Å². The van der Waals surface area contributed by atoms with Crippen LogP contribution in [0.1, 0.15) is 95.8 Å². The molecule has 1 aromatic carbocycles. The van der Waals surface area contributed by atoms with Crippen molar-refractivity contribution >= 4 is 40.3 Å². The van der Waals surface area contributed by atoms with Gasteiger partial charge in [-0.2, -0.15) is 0 Å². The van der Waals surface area contributed by atoms with Crippen molar-refractivity contribution in [1.82, 2.24) is 0 Å². The second-order valence-corrected chi connectivity index (χ2v) is 17.2. The number of unbranched alkanes of at least 4 members (excludes halogenated alkanes) is 1. The van der Waals surface area contributed by atoms with Crippen LogP contribution in [-0.4, -0.2) is 96.0 Å². The highest BCUT2D eigenvalue weighted by molar-refractivity contribution is 6.05. The van der Waals surface area contributed by atoms with E-state index in [0.717, 1.165) is 18.8 Å². The van der Waals surface area contributed by atoms with E-state index in [2.05, 4.69) is 11.5 Å². The Hall–Kier alpha value is -4.11. The number of fused-ring (bicyclic) bond motifs is 3. The van der Waals surface area contributed by atoms with E-state index in [1.165, 1.54) is 6.07 Å². The van der Waals surface area contributed by atoms with Gasteiger partial charge in [0.1, 0.15) is 28.8 Å². The predicted molar refractivity (Wildman–Crippen MR) is 205 cm³/mol. The lowest BCUT2D eigenvalue weighted by atomic mass is 9.35. The maximum absolute atomic E-state index is 14.3. The number of rotatable bonds is 14. The Morgan fingerprint density at radius 2 is 1.65 bits per heavy atom. The van der Waals surface area contributed by atoms with Gasteiger partial charge in [-0.25, -0.2) is 9.59 Å². The topological polar surface area (TPSA) is 199 Å². The number of benzene rings is 1. The van der Waals surface area contributed by atoms with Crippen LogP contribution >= 0.6 is 0 Å². The largest absolute Gasteiger partial charge is 0.466 e. The minimum Gasteiger partial charge on any atom is -0.466 e. The van der Waals surface area contributed by atoms with Crippen molar-refractivity contribution in [3.8, 4) is 0 Å². The zero-order valence-electron chi connectivity index (χ0n) is 33.3. The molecule has 2 saturated heterocycles. The van der Waals surface area contributed by atoms with Crippen LogP contribution in [0.5, 0.6) is 0 Å². The van der Waals surface area contributed by atoms with E-state index in [1.807, 2.05) is 33.8 Å². The lowest BCUT2D eigenvalue weighted by Crippen LogP contribution is -2.85. The summed E-state index contributed by atoms with van der Waals surface area (Å²) < 4.78 is 28.1. The Balaban J connectivity index is 0.883. The number of ether oxygens (including phenoxy) is 4. The molecule has 0 radical (unpaired) electrons. The number of hydrogen-bond acceptors (Lipinski definition) is 14. The SMILES string of the molecule is C=C1C(=O)[C@]23[C@H](OC(=O)CCCC(=O)OCCCCOC(=O)c4cc5ccc(N(CC)CC)cc5oc4=O)[C@H]1CC[C@H]2[C@@]12CO[C@@]3(O)[C@@H](O)[C@@H]1C(C)(C)CC[C@@H]2O. The van der Waals surface area contributed by atoms with Gasteiger partial charge in [-0.05, 0) is 93.9 Å². The first-order valence-electron chi connectivity index (χ1n) is 20.4. The van der Waals surface area contributed by atoms with E-state index in [9.17, 15) is 39.3 Å². The van der Waals surface area contributed by atoms with E-state index < -0.39 is 87.4 Å². The van der Waals surface area contributed by atoms with Gasteiger partial charge in [0.15, 0.2) is 5.78 Å². The minimum absolute atomic E-state index is 0.00424. The first-order valence-corrected chi connectivity index (χ1v) is 20.4. The Bertz CT molecular complexity index is 2000. The van der Waals surface area contributed by atoms with Gasteiger partial charge in [0.05, 0.1) is 25.9 Å². The molecular formula is C43H55NO13. The number of hydrogen-bond donors (Lipinski definition) is 3. The fourth-order valence-corrected chi connectivity index (χ4v) is 11.3. The summed E-state index contributed by atoms with van der Waals surface area (Å²) in [5.41, 5.74) is -2.81. The lowest BCUT2D eigenvalue weighted by molar-refractivity contribution is -0.458. The number of aliphatic hydroxyl groups excluding tert-OH is 2. The molecule has 4 aliphatic carbocycles. The number of carbonyl (C=O) groups is 4. The molecule has 4 bridgehead atoms. The minimum atomic E-state index is -2.35. The Kier molecular flexibility index (Phi) is 11.0. The predicted octanol–water partition coefficient (Wildman–Crippen LogP) is 4.23. The summed E-state index contributed by atoms with van der Waals surface area (Å²) in [6.45, 7) is 13.7. The molecule has 0 unspecified atom stereocenters. The van der Waals surface area contributed by atoms with E-state index in [0.29, 0.717) is 49.5 Å².